The molecule has 1 amide bonds. The highest BCUT2D eigenvalue weighted by atomic mass is 35.5. The largest absolute Gasteiger partial charge is 0.486 e. The van der Waals surface area contributed by atoms with Crippen LogP contribution in [0.1, 0.15) is 31.5 Å². The molecular weight excluding hydrogens is 368 g/mol. The van der Waals surface area contributed by atoms with Gasteiger partial charge in [-0.25, -0.2) is 4.98 Å². The molecule has 0 unspecified atom stereocenters. The number of amides is 1. The standard InChI is InChI=1S/C20H19ClN2O2S/c1-13-4-3-5-17(10-13)25-12-18-23-14(2)19(26-18)20(24)22-11-15-6-8-16(21)9-7-15/h3-10H,11-12H2,1-2H3,(H,22,24). The molecule has 4 nitrogen and oxygen atoms in total. The third kappa shape index (κ3) is 4.84. The van der Waals surface area contributed by atoms with Crippen LogP contribution in [0.3, 0.4) is 0 Å². The van der Waals surface area contributed by atoms with Crippen LogP contribution in [0.25, 0.3) is 0 Å². The zero-order chi connectivity index (χ0) is 18.5. The summed E-state index contributed by atoms with van der Waals surface area (Å²) in [6.07, 6.45) is 0. The minimum Gasteiger partial charge on any atom is -0.486 e. The predicted octanol–water partition coefficient (Wildman–Crippen LogP) is 4.92. The van der Waals surface area contributed by atoms with Crippen LogP contribution < -0.4 is 10.1 Å². The molecule has 1 heterocycles. The van der Waals surface area contributed by atoms with Crippen molar-refractivity contribution in [3.05, 3.63) is 80.3 Å². The van der Waals surface area contributed by atoms with Gasteiger partial charge in [-0.2, -0.15) is 0 Å². The first-order valence-electron chi connectivity index (χ1n) is 8.19. The van der Waals surface area contributed by atoms with E-state index in [-0.39, 0.29) is 5.91 Å². The number of hydrogen-bond donors (Lipinski definition) is 1. The van der Waals surface area contributed by atoms with Crippen LogP contribution in [0.4, 0.5) is 0 Å². The van der Waals surface area contributed by atoms with Crippen molar-refractivity contribution in [2.75, 3.05) is 0 Å². The molecule has 6 heteroatoms. The summed E-state index contributed by atoms with van der Waals surface area (Å²) >= 11 is 7.23. The van der Waals surface area contributed by atoms with Crippen molar-refractivity contribution in [3.8, 4) is 5.75 Å². The first-order valence-corrected chi connectivity index (χ1v) is 9.39. The summed E-state index contributed by atoms with van der Waals surface area (Å²) in [6.45, 7) is 4.65. The highest BCUT2D eigenvalue weighted by Gasteiger charge is 2.15. The Balaban J connectivity index is 1.59. The monoisotopic (exact) mass is 386 g/mol. The third-order valence-corrected chi connectivity index (χ3v) is 5.15. The van der Waals surface area contributed by atoms with E-state index < -0.39 is 0 Å². The molecule has 0 atom stereocenters. The first-order chi connectivity index (χ1) is 12.5. The molecule has 3 rings (SSSR count). The average molecular weight is 387 g/mol. The van der Waals surface area contributed by atoms with Gasteiger partial charge >= 0.3 is 0 Å². The van der Waals surface area contributed by atoms with Crippen molar-refractivity contribution in [2.45, 2.75) is 27.0 Å². The van der Waals surface area contributed by atoms with E-state index in [0.717, 1.165) is 21.9 Å². The SMILES string of the molecule is Cc1cccc(OCc2nc(C)c(C(=O)NCc3ccc(Cl)cc3)s2)c1. The Morgan fingerprint density at radius 2 is 1.96 bits per heavy atom. The van der Waals surface area contributed by atoms with E-state index in [9.17, 15) is 4.79 Å². The van der Waals surface area contributed by atoms with Crippen LogP contribution in [0.15, 0.2) is 48.5 Å². The molecule has 0 saturated heterocycles. The average Bonchev–Trinajstić information content (AvgIpc) is 3.00. The summed E-state index contributed by atoms with van der Waals surface area (Å²) in [6, 6.07) is 15.3. The topological polar surface area (TPSA) is 51.2 Å². The van der Waals surface area contributed by atoms with E-state index in [1.807, 2.05) is 62.4 Å². The molecule has 0 saturated carbocycles. The molecule has 2 aromatic carbocycles. The number of thiazole rings is 1. The number of benzene rings is 2. The lowest BCUT2D eigenvalue weighted by Gasteiger charge is -2.05. The minimum absolute atomic E-state index is 0.128. The van der Waals surface area contributed by atoms with Crippen LogP contribution in [0, 0.1) is 13.8 Å². The van der Waals surface area contributed by atoms with E-state index in [0.29, 0.717) is 28.7 Å². The summed E-state index contributed by atoms with van der Waals surface area (Å²) in [4.78, 5) is 17.5. The van der Waals surface area contributed by atoms with Gasteiger partial charge in [-0.3, -0.25) is 4.79 Å². The van der Waals surface area contributed by atoms with Gasteiger partial charge in [-0.15, -0.1) is 11.3 Å². The lowest BCUT2D eigenvalue weighted by Crippen LogP contribution is -2.22. The number of hydrogen-bond acceptors (Lipinski definition) is 4. The molecule has 0 radical (unpaired) electrons. The quantitative estimate of drug-likeness (QED) is 0.654. The second-order valence-electron chi connectivity index (χ2n) is 5.94. The van der Waals surface area contributed by atoms with Crippen LogP contribution in [0.2, 0.25) is 5.02 Å². The van der Waals surface area contributed by atoms with Crippen molar-refractivity contribution < 1.29 is 9.53 Å². The zero-order valence-electron chi connectivity index (χ0n) is 14.6. The molecule has 0 fully saturated rings. The summed E-state index contributed by atoms with van der Waals surface area (Å²) < 4.78 is 5.77. The Labute approximate surface area is 161 Å². The van der Waals surface area contributed by atoms with Crippen LogP contribution in [0.5, 0.6) is 5.75 Å². The van der Waals surface area contributed by atoms with E-state index in [1.54, 1.807) is 0 Å². The number of nitrogens with zero attached hydrogens (tertiary/aromatic N) is 1. The van der Waals surface area contributed by atoms with Gasteiger partial charge in [0.05, 0.1) is 5.69 Å². The Morgan fingerprint density at radius 1 is 1.19 bits per heavy atom. The summed E-state index contributed by atoms with van der Waals surface area (Å²) in [7, 11) is 0. The second-order valence-corrected chi connectivity index (χ2v) is 7.46. The van der Waals surface area contributed by atoms with Gasteiger partial charge in [0.15, 0.2) is 0 Å². The molecule has 26 heavy (non-hydrogen) atoms. The van der Waals surface area contributed by atoms with Crippen molar-refractivity contribution >= 4 is 28.8 Å². The van der Waals surface area contributed by atoms with Gasteiger partial charge in [0, 0.05) is 11.6 Å². The number of nitrogens with one attached hydrogen (secondary N) is 1. The van der Waals surface area contributed by atoms with Crippen LogP contribution in [-0.4, -0.2) is 10.9 Å². The lowest BCUT2D eigenvalue weighted by molar-refractivity contribution is 0.0954. The fourth-order valence-corrected chi connectivity index (χ4v) is 3.46. The number of aromatic nitrogens is 1. The number of carbonyl (C=O) groups excluding carboxylic acids is 1. The van der Waals surface area contributed by atoms with Gasteiger partial charge in [-0.05, 0) is 49.2 Å². The second kappa shape index (κ2) is 8.34. The fraction of sp³-hybridized carbons (Fsp3) is 0.200. The van der Waals surface area contributed by atoms with E-state index >= 15 is 0 Å². The highest BCUT2D eigenvalue weighted by molar-refractivity contribution is 7.13. The van der Waals surface area contributed by atoms with Gasteiger partial charge in [-0.1, -0.05) is 35.9 Å². The number of rotatable bonds is 6. The maximum absolute atomic E-state index is 12.4. The highest BCUT2D eigenvalue weighted by Crippen LogP contribution is 2.21. The van der Waals surface area contributed by atoms with Crippen molar-refractivity contribution in [1.82, 2.24) is 10.3 Å². The predicted molar refractivity (Wildman–Crippen MR) is 105 cm³/mol. The molecular formula is C20H19ClN2O2S. The molecule has 0 aliphatic rings. The molecule has 1 aromatic heterocycles. The zero-order valence-corrected chi connectivity index (χ0v) is 16.2. The third-order valence-electron chi connectivity index (χ3n) is 3.77. The molecule has 0 aliphatic heterocycles. The summed E-state index contributed by atoms with van der Waals surface area (Å²) in [5.74, 6) is 0.670. The Hall–Kier alpha value is -2.37. The number of aryl methyl sites for hydroxylation is 2. The van der Waals surface area contributed by atoms with E-state index in [2.05, 4.69) is 10.3 Å². The van der Waals surface area contributed by atoms with E-state index in [1.165, 1.54) is 11.3 Å². The van der Waals surface area contributed by atoms with Crippen LogP contribution >= 0.6 is 22.9 Å². The molecule has 0 spiro atoms. The van der Waals surface area contributed by atoms with Crippen molar-refractivity contribution in [1.29, 1.82) is 0 Å². The normalized spacial score (nSPS) is 10.6. The maximum atomic E-state index is 12.4. The number of halogens is 1. The van der Waals surface area contributed by atoms with Gasteiger partial charge < -0.3 is 10.1 Å². The summed E-state index contributed by atoms with van der Waals surface area (Å²) in [5, 5.41) is 4.37. The van der Waals surface area contributed by atoms with Crippen molar-refractivity contribution in [2.24, 2.45) is 0 Å². The van der Waals surface area contributed by atoms with Crippen LogP contribution in [-0.2, 0) is 13.2 Å². The Morgan fingerprint density at radius 3 is 2.69 bits per heavy atom. The number of ether oxygens (including phenoxy) is 1. The Kier molecular flexibility index (Phi) is 5.91. The van der Waals surface area contributed by atoms with Gasteiger partial charge in [0.1, 0.15) is 22.2 Å². The fourth-order valence-electron chi connectivity index (χ4n) is 2.44. The smallest absolute Gasteiger partial charge is 0.263 e. The van der Waals surface area contributed by atoms with Crippen molar-refractivity contribution in [3.63, 3.8) is 0 Å². The lowest BCUT2D eigenvalue weighted by atomic mass is 10.2. The number of carbonyl (C=O) groups is 1. The molecule has 134 valence electrons. The molecule has 3 aromatic rings. The van der Waals surface area contributed by atoms with E-state index in [4.69, 9.17) is 16.3 Å². The van der Waals surface area contributed by atoms with Gasteiger partial charge in [0.2, 0.25) is 0 Å². The van der Waals surface area contributed by atoms with Gasteiger partial charge in [0.25, 0.3) is 5.91 Å². The first kappa shape index (κ1) is 18.4. The molecule has 1 N–H and O–H groups in total. The summed E-state index contributed by atoms with van der Waals surface area (Å²) in [5.41, 5.74) is 2.85. The molecule has 0 bridgehead atoms. The maximum Gasteiger partial charge on any atom is 0.263 e. The molecule has 0 aliphatic carbocycles. The Bertz CT molecular complexity index is 906. The minimum atomic E-state index is -0.128.